The van der Waals surface area contributed by atoms with Crippen LogP contribution in [0.4, 0.5) is 8.78 Å². The van der Waals surface area contributed by atoms with Gasteiger partial charge in [0, 0.05) is 24.2 Å². The second-order valence-corrected chi connectivity index (χ2v) is 5.34. The van der Waals surface area contributed by atoms with E-state index in [2.05, 4.69) is 15.5 Å². The summed E-state index contributed by atoms with van der Waals surface area (Å²) in [6.45, 7) is 0.658. The van der Waals surface area contributed by atoms with Gasteiger partial charge in [-0.05, 0) is 25.0 Å². The average Bonchev–Trinajstić information content (AvgIpc) is 3.05. The lowest BCUT2D eigenvalue weighted by Crippen LogP contribution is -2.14. The molecule has 0 radical (unpaired) electrons. The molecule has 1 heterocycles. The summed E-state index contributed by atoms with van der Waals surface area (Å²) in [4.78, 5) is 0. The van der Waals surface area contributed by atoms with Gasteiger partial charge < -0.3 is 5.32 Å². The summed E-state index contributed by atoms with van der Waals surface area (Å²) in [6, 6.07) is 4.07. The number of nitrogens with one attached hydrogen (secondary N) is 1. The Hall–Kier alpha value is -1.40. The monoisotopic (exact) mass is 267 g/mol. The average molecular weight is 267 g/mol. The number of nitrogens with zero attached hydrogens (tertiary/aromatic N) is 2. The number of hydrogen-bond acceptors (Lipinski definition) is 4. The fourth-order valence-electron chi connectivity index (χ4n) is 1.62. The molecule has 0 bridgehead atoms. The van der Waals surface area contributed by atoms with Crippen LogP contribution in [0.1, 0.15) is 17.8 Å². The third kappa shape index (κ3) is 2.54. The molecule has 3 rings (SSSR count). The first-order valence-corrected chi connectivity index (χ1v) is 6.55. The van der Waals surface area contributed by atoms with Crippen LogP contribution in [0.25, 0.3) is 10.6 Å². The summed E-state index contributed by atoms with van der Waals surface area (Å²) in [5.74, 6) is -1.19. The molecule has 6 heteroatoms. The highest BCUT2D eigenvalue weighted by Crippen LogP contribution is 2.27. The van der Waals surface area contributed by atoms with Crippen LogP contribution in [-0.4, -0.2) is 16.2 Å². The van der Waals surface area contributed by atoms with Gasteiger partial charge in [-0.2, -0.15) is 0 Å². The van der Waals surface area contributed by atoms with E-state index in [1.807, 2.05) is 0 Å². The molecule has 0 spiro atoms. The first-order valence-electron chi connectivity index (χ1n) is 5.73. The van der Waals surface area contributed by atoms with Crippen molar-refractivity contribution in [2.45, 2.75) is 25.4 Å². The third-order valence-corrected chi connectivity index (χ3v) is 3.70. The van der Waals surface area contributed by atoms with E-state index in [4.69, 9.17) is 0 Å². The highest BCUT2D eigenvalue weighted by atomic mass is 32.1. The van der Waals surface area contributed by atoms with Crippen molar-refractivity contribution < 1.29 is 8.78 Å². The minimum absolute atomic E-state index is 0.298. The van der Waals surface area contributed by atoms with Crippen LogP contribution in [-0.2, 0) is 6.54 Å². The number of aromatic nitrogens is 2. The van der Waals surface area contributed by atoms with Gasteiger partial charge in [0.1, 0.15) is 16.6 Å². The van der Waals surface area contributed by atoms with Crippen LogP contribution in [0.15, 0.2) is 18.2 Å². The largest absolute Gasteiger partial charge is 0.308 e. The molecule has 18 heavy (non-hydrogen) atoms. The van der Waals surface area contributed by atoms with Crippen LogP contribution in [0.3, 0.4) is 0 Å². The summed E-state index contributed by atoms with van der Waals surface area (Å²) in [5, 5.41) is 12.6. The molecule has 94 valence electrons. The Balaban J connectivity index is 1.78. The van der Waals surface area contributed by atoms with Gasteiger partial charge in [-0.3, -0.25) is 0 Å². The predicted molar refractivity (Wildman–Crippen MR) is 65.1 cm³/mol. The minimum Gasteiger partial charge on any atom is -0.308 e. The zero-order valence-electron chi connectivity index (χ0n) is 9.49. The lowest BCUT2D eigenvalue weighted by atomic mass is 10.2. The van der Waals surface area contributed by atoms with E-state index in [-0.39, 0.29) is 0 Å². The van der Waals surface area contributed by atoms with Crippen molar-refractivity contribution in [2.75, 3.05) is 0 Å². The smallest absolute Gasteiger partial charge is 0.150 e. The van der Waals surface area contributed by atoms with Crippen LogP contribution in [0.2, 0.25) is 0 Å². The third-order valence-electron chi connectivity index (χ3n) is 2.75. The molecule has 1 aliphatic carbocycles. The summed E-state index contributed by atoms with van der Waals surface area (Å²) >= 11 is 1.33. The van der Waals surface area contributed by atoms with Gasteiger partial charge in [0.25, 0.3) is 0 Å². The molecule has 0 atom stereocenters. The quantitative estimate of drug-likeness (QED) is 0.925. The van der Waals surface area contributed by atoms with Crippen molar-refractivity contribution in [3.63, 3.8) is 0 Å². The first-order chi connectivity index (χ1) is 8.72. The predicted octanol–water partition coefficient (Wildman–Crippen LogP) is 2.74. The second-order valence-electron chi connectivity index (χ2n) is 4.28. The lowest BCUT2D eigenvalue weighted by Gasteiger charge is -1.98. The minimum atomic E-state index is -0.604. The molecule has 1 fully saturated rings. The number of benzene rings is 1. The normalized spacial score (nSPS) is 15.0. The van der Waals surface area contributed by atoms with E-state index >= 15 is 0 Å². The molecule has 3 nitrogen and oxygen atoms in total. The highest BCUT2D eigenvalue weighted by Gasteiger charge is 2.21. The Morgan fingerprint density at radius 2 is 2.11 bits per heavy atom. The lowest BCUT2D eigenvalue weighted by molar-refractivity contribution is 0.585. The Kier molecular flexibility index (Phi) is 3.05. The Morgan fingerprint density at radius 1 is 1.28 bits per heavy atom. The van der Waals surface area contributed by atoms with Gasteiger partial charge in [-0.15, -0.1) is 10.2 Å². The molecule has 0 saturated heterocycles. The number of hydrogen-bond donors (Lipinski definition) is 1. The summed E-state index contributed by atoms with van der Waals surface area (Å²) in [6.07, 6.45) is 2.41. The zero-order valence-corrected chi connectivity index (χ0v) is 10.3. The molecule has 1 aromatic carbocycles. The second kappa shape index (κ2) is 4.70. The standard InChI is InChI=1S/C12H11F2N3S/c13-7-1-4-9(10(14)5-7)12-17-16-11(18-12)6-15-8-2-3-8/h1,4-5,8,15H,2-3,6H2. The van der Waals surface area contributed by atoms with Crippen molar-refractivity contribution >= 4 is 11.3 Å². The molecular weight excluding hydrogens is 256 g/mol. The molecule has 1 aliphatic rings. The molecule has 0 aliphatic heterocycles. The highest BCUT2D eigenvalue weighted by molar-refractivity contribution is 7.14. The molecule has 2 aromatic rings. The van der Waals surface area contributed by atoms with E-state index in [0.29, 0.717) is 23.2 Å². The van der Waals surface area contributed by atoms with E-state index in [1.165, 1.54) is 36.3 Å². The summed E-state index contributed by atoms with van der Waals surface area (Å²) < 4.78 is 26.4. The Bertz CT molecular complexity index is 566. The molecule has 0 unspecified atom stereocenters. The van der Waals surface area contributed by atoms with Crippen LogP contribution in [0, 0.1) is 11.6 Å². The fourth-order valence-corrected chi connectivity index (χ4v) is 2.43. The maximum atomic E-state index is 13.6. The van der Waals surface area contributed by atoms with Crippen molar-refractivity contribution in [3.05, 3.63) is 34.8 Å². The van der Waals surface area contributed by atoms with Crippen molar-refractivity contribution in [1.82, 2.24) is 15.5 Å². The van der Waals surface area contributed by atoms with Gasteiger partial charge >= 0.3 is 0 Å². The first kappa shape index (κ1) is 11.7. The molecule has 0 amide bonds. The topological polar surface area (TPSA) is 37.8 Å². The van der Waals surface area contributed by atoms with E-state index in [9.17, 15) is 8.78 Å². The molecule has 1 N–H and O–H groups in total. The maximum absolute atomic E-state index is 13.6. The SMILES string of the molecule is Fc1ccc(-c2nnc(CNC3CC3)s2)c(F)c1. The molecule has 1 aromatic heterocycles. The van der Waals surface area contributed by atoms with Crippen molar-refractivity contribution in [2.24, 2.45) is 0 Å². The van der Waals surface area contributed by atoms with Gasteiger partial charge in [-0.25, -0.2) is 8.78 Å². The number of rotatable bonds is 4. The Labute approximate surface area is 107 Å². The van der Waals surface area contributed by atoms with E-state index in [1.54, 1.807) is 0 Å². The van der Waals surface area contributed by atoms with Crippen molar-refractivity contribution in [1.29, 1.82) is 0 Å². The fraction of sp³-hybridized carbons (Fsp3) is 0.333. The van der Waals surface area contributed by atoms with Crippen molar-refractivity contribution in [3.8, 4) is 10.6 Å². The zero-order chi connectivity index (χ0) is 12.5. The van der Waals surface area contributed by atoms with Gasteiger partial charge in [0.15, 0.2) is 5.01 Å². The van der Waals surface area contributed by atoms with Crippen LogP contribution in [0.5, 0.6) is 0 Å². The molecule has 1 saturated carbocycles. The van der Waals surface area contributed by atoms with Gasteiger partial charge in [0.05, 0.1) is 0 Å². The summed E-state index contributed by atoms with van der Waals surface area (Å²) in [5.41, 5.74) is 0.298. The van der Waals surface area contributed by atoms with E-state index < -0.39 is 11.6 Å². The number of halogens is 2. The van der Waals surface area contributed by atoms with E-state index in [0.717, 1.165) is 11.1 Å². The molecular formula is C12H11F2N3S. The van der Waals surface area contributed by atoms with Gasteiger partial charge in [0.2, 0.25) is 0 Å². The maximum Gasteiger partial charge on any atom is 0.150 e. The van der Waals surface area contributed by atoms with Gasteiger partial charge in [-0.1, -0.05) is 11.3 Å². The van der Waals surface area contributed by atoms with Crippen LogP contribution >= 0.6 is 11.3 Å². The Morgan fingerprint density at radius 3 is 2.83 bits per heavy atom. The summed E-state index contributed by atoms with van der Waals surface area (Å²) in [7, 11) is 0. The van der Waals surface area contributed by atoms with Crippen LogP contribution < -0.4 is 5.32 Å².